The summed E-state index contributed by atoms with van der Waals surface area (Å²) in [5.41, 5.74) is 1.81. The Bertz CT molecular complexity index is 934. The first-order valence-electron chi connectivity index (χ1n) is 7.55. The third kappa shape index (κ3) is 3.46. The van der Waals surface area contributed by atoms with Gasteiger partial charge in [0.05, 0.1) is 21.2 Å². The van der Waals surface area contributed by atoms with E-state index in [0.29, 0.717) is 5.56 Å². The monoisotopic (exact) mass is 353 g/mol. The molecule has 0 aliphatic carbocycles. The second-order valence-corrected chi connectivity index (χ2v) is 6.52. The highest BCUT2D eigenvalue weighted by atomic mass is 32.2. The number of aromatic nitrogens is 2. The third-order valence-electron chi connectivity index (χ3n) is 3.71. The molecule has 0 radical (unpaired) electrons. The van der Waals surface area contributed by atoms with E-state index in [2.05, 4.69) is 5.10 Å². The number of carbonyl (C=O) groups excluding carboxylic acids is 1. The lowest BCUT2D eigenvalue weighted by Crippen LogP contribution is -2.15. The minimum absolute atomic E-state index is 0.0507. The Labute approximate surface area is 148 Å². The maximum Gasteiger partial charge on any atom is 0.278 e. The van der Waals surface area contributed by atoms with Crippen LogP contribution in [0.5, 0.6) is 0 Å². The fourth-order valence-corrected chi connectivity index (χ4v) is 3.38. The van der Waals surface area contributed by atoms with E-state index in [-0.39, 0.29) is 11.6 Å². The number of non-ortho nitro benzene ring substituents is 1. The molecular formula is C18H15N3O3S. The molecule has 6 nitrogen and oxygen atoms in total. The summed E-state index contributed by atoms with van der Waals surface area (Å²) in [5.74, 6) is -0.310. The fourth-order valence-electron chi connectivity index (χ4n) is 2.43. The van der Waals surface area contributed by atoms with Gasteiger partial charge in [-0.05, 0) is 38.1 Å². The normalized spacial score (nSPS) is 10.6. The minimum atomic E-state index is -0.494. The summed E-state index contributed by atoms with van der Waals surface area (Å²) in [6.07, 6.45) is 0. The fraction of sp³-hybridized carbons (Fsp3) is 0.111. The van der Waals surface area contributed by atoms with E-state index in [4.69, 9.17) is 0 Å². The highest BCUT2D eigenvalue weighted by molar-refractivity contribution is 7.99. The van der Waals surface area contributed by atoms with Gasteiger partial charge in [-0.2, -0.15) is 9.78 Å². The first-order chi connectivity index (χ1) is 12.0. The SMILES string of the molecule is Cc1nn(C(=O)c2ccc([N+](=O)[O-])cc2)c(C)c1Sc1ccccc1. The van der Waals surface area contributed by atoms with Crippen LogP contribution < -0.4 is 0 Å². The van der Waals surface area contributed by atoms with Crippen LogP contribution in [0.4, 0.5) is 5.69 Å². The Balaban J connectivity index is 1.91. The van der Waals surface area contributed by atoms with E-state index in [9.17, 15) is 14.9 Å². The van der Waals surface area contributed by atoms with Gasteiger partial charge in [-0.1, -0.05) is 30.0 Å². The first kappa shape index (κ1) is 16.9. The van der Waals surface area contributed by atoms with Gasteiger partial charge in [0, 0.05) is 22.6 Å². The van der Waals surface area contributed by atoms with E-state index in [1.807, 2.05) is 44.2 Å². The van der Waals surface area contributed by atoms with Gasteiger partial charge in [0.1, 0.15) is 0 Å². The van der Waals surface area contributed by atoms with Crippen LogP contribution in [0, 0.1) is 24.0 Å². The Morgan fingerprint density at radius 1 is 1.08 bits per heavy atom. The number of nitro groups is 1. The molecule has 25 heavy (non-hydrogen) atoms. The average Bonchev–Trinajstić information content (AvgIpc) is 2.90. The molecule has 1 aromatic heterocycles. The van der Waals surface area contributed by atoms with Gasteiger partial charge in [-0.15, -0.1) is 0 Å². The molecule has 0 saturated carbocycles. The molecule has 2 aromatic carbocycles. The molecule has 0 N–H and O–H groups in total. The molecule has 1 heterocycles. The first-order valence-corrected chi connectivity index (χ1v) is 8.37. The van der Waals surface area contributed by atoms with Crippen LogP contribution in [-0.2, 0) is 0 Å². The van der Waals surface area contributed by atoms with Gasteiger partial charge in [-0.3, -0.25) is 14.9 Å². The molecule has 0 aliphatic heterocycles. The zero-order chi connectivity index (χ0) is 18.0. The van der Waals surface area contributed by atoms with Crippen molar-refractivity contribution in [1.29, 1.82) is 0 Å². The highest BCUT2D eigenvalue weighted by Gasteiger charge is 2.19. The number of aryl methyl sites for hydroxylation is 1. The molecule has 0 spiro atoms. The van der Waals surface area contributed by atoms with Crippen molar-refractivity contribution in [3.05, 3.63) is 81.7 Å². The summed E-state index contributed by atoms with van der Waals surface area (Å²) in [6, 6.07) is 15.4. The Hall–Kier alpha value is -2.93. The second-order valence-electron chi connectivity index (χ2n) is 5.44. The van der Waals surface area contributed by atoms with Crippen LogP contribution in [0.15, 0.2) is 64.4 Å². The molecule has 0 bridgehead atoms. The molecule has 126 valence electrons. The van der Waals surface area contributed by atoms with Crippen molar-refractivity contribution in [2.24, 2.45) is 0 Å². The van der Waals surface area contributed by atoms with Gasteiger partial charge in [0.25, 0.3) is 11.6 Å². The third-order valence-corrected chi connectivity index (χ3v) is 5.01. The lowest BCUT2D eigenvalue weighted by molar-refractivity contribution is -0.384. The quantitative estimate of drug-likeness (QED) is 0.517. The van der Waals surface area contributed by atoms with Crippen molar-refractivity contribution in [1.82, 2.24) is 9.78 Å². The second kappa shape index (κ2) is 6.90. The number of nitro benzene ring substituents is 1. The van der Waals surface area contributed by atoms with Crippen molar-refractivity contribution < 1.29 is 9.72 Å². The standard InChI is InChI=1S/C18H15N3O3S/c1-12-17(25-16-6-4-3-5-7-16)13(2)20(19-12)18(22)14-8-10-15(11-9-14)21(23)24/h3-11H,1-2H3. The van der Waals surface area contributed by atoms with E-state index >= 15 is 0 Å². The maximum atomic E-state index is 12.7. The number of hydrogen-bond acceptors (Lipinski definition) is 5. The molecule has 0 fully saturated rings. The van der Waals surface area contributed by atoms with Gasteiger partial charge >= 0.3 is 0 Å². The summed E-state index contributed by atoms with van der Waals surface area (Å²) in [7, 11) is 0. The topological polar surface area (TPSA) is 78.0 Å². The summed E-state index contributed by atoms with van der Waals surface area (Å²) >= 11 is 1.56. The predicted molar refractivity (Wildman–Crippen MR) is 95.1 cm³/mol. The van der Waals surface area contributed by atoms with Crippen LogP contribution in [0.1, 0.15) is 21.7 Å². The lowest BCUT2D eigenvalue weighted by atomic mass is 10.2. The molecule has 0 saturated heterocycles. The molecule has 0 atom stereocenters. The zero-order valence-corrected chi connectivity index (χ0v) is 14.5. The van der Waals surface area contributed by atoms with Crippen LogP contribution >= 0.6 is 11.8 Å². The van der Waals surface area contributed by atoms with Gasteiger partial charge in [0.2, 0.25) is 0 Å². The van der Waals surface area contributed by atoms with E-state index < -0.39 is 4.92 Å². The molecule has 7 heteroatoms. The van der Waals surface area contributed by atoms with Crippen molar-refractivity contribution in [2.45, 2.75) is 23.6 Å². The smallest absolute Gasteiger partial charge is 0.267 e. The van der Waals surface area contributed by atoms with E-state index in [1.165, 1.54) is 28.9 Å². The Morgan fingerprint density at radius 2 is 1.72 bits per heavy atom. The maximum absolute atomic E-state index is 12.7. The Kier molecular flexibility index (Phi) is 4.67. The number of nitrogens with zero attached hydrogens (tertiary/aromatic N) is 3. The molecule has 0 unspecified atom stereocenters. The van der Waals surface area contributed by atoms with Crippen LogP contribution in [0.25, 0.3) is 0 Å². The summed E-state index contributed by atoms with van der Waals surface area (Å²) in [4.78, 5) is 24.9. The van der Waals surface area contributed by atoms with Crippen molar-refractivity contribution in [3.8, 4) is 0 Å². The lowest BCUT2D eigenvalue weighted by Gasteiger charge is -2.04. The van der Waals surface area contributed by atoms with Gasteiger partial charge < -0.3 is 0 Å². The number of carbonyl (C=O) groups is 1. The molecular weight excluding hydrogens is 338 g/mol. The van der Waals surface area contributed by atoms with Crippen molar-refractivity contribution >= 4 is 23.4 Å². The van der Waals surface area contributed by atoms with Gasteiger partial charge in [-0.25, -0.2) is 0 Å². The van der Waals surface area contributed by atoms with E-state index in [1.54, 1.807) is 11.8 Å². The van der Waals surface area contributed by atoms with Crippen molar-refractivity contribution in [2.75, 3.05) is 0 Å². The van der Waals surface area contributed by atoms with Crippen LogP contribution in [0.2, 0.25) is 0 Å². The summed E-state index contributed by atoms with van der Waals surface area (Å²) in [6.45, 7) is 3.70. The number of rotatable bonds is 4. The average molecular weight is 353 g/mol. The molecule has 3 rings (SSSR count). The van der Waals surface area contributed by atoms with E-state index in [0.717, 1.165) is 21.2 Å². The van der Waals surface area contributed by atoms with Crippen LogP contribution in [-0.4, -0.2) is 20.6 Å². The summed E-state index contributed by atoms with van der Waals surface area (Å²) in [5, 5.41) is 15.1. The molecule has 0 aliphatic rings. The number of benzene rings is 2. The Morgan fingerprint density at radius 3 is 2.32 bits per heavy atom. The van der Waals surface area contributed by atoms with Crippen molar-refractivity contribution in [3.63, 3.8) is 0 Å². The predicted octanol–water partition coefficient (Wildman–Crippen LogP) is 4.25. The summed E-state index contributed by atoms with van der Waals surface area (Å²) < 4.78 is 1.35. The van der Waals surface area contributed by atoms with Gasteiger partial charge in [0.15, 0.2) is 0 Å². The largest absolute Gasteiger partial charge is 0.278 e. The zero-order valence-electron chi connectivity index (χ0n) is 13.7. The minimum Gasteiger partial charge on any atom is -0.267 e. The highest BCUT2D eigenvalue weighted by Crippen LogP contribution is 2.32. The van der Waals surface area contributed by atoms with Crippen LogP contribution in [0.3, 0.4) is 0 Å². The molecule has 3 aromatic rings. The number of hydrogen-bond donors (Lipinski definition) is 0. The molecule has 0 amide bonds.